The third-order valence-corrected chi connectivity index (χ3v) is 4.76. The Morgan fingerprint density at radius 3 is 1.41 bits per heavy atom. The molecule has 1 heteroatoms. The lowest BCUT2D eigenvalue weighted by molar-refractivity contribution is 0.475. The zero-order valence-corrected chi connectivity index (χ0v) is 15.2. The number of benzene rings is 4. The van der Waals surface area contributed by atoms with E-state index in [1.54, 1.807) is 12.1 Å². The molecule has 4 aromatic rings. The molecule has 0 aliphatic heterocycles. The van der Waals surface area contributed by atoms with Crippen molar-refractivity contribution in [1.82, 2.24) is 0 Å². The molecule has 0 aliphatic carbocycles. The second-order valence-corrected chi connectivity index (χ2v) is 6.91. The minimum Gasteiger partial charge on any atom is -0.508 e. The Balaban J connectivity index is 1.72. The van der Waals surface area contributed by atoms with Crippen LogP contribution < -0.4 is 0 Å². The number of hydrogen-bond acceptors (Lipinski definition) is 1. The molecular weight excluding hydrogens is 328 g/mol. The molecule has 0 saturated heterocycles. The second kappa shape index (κ2) is 7.92. The first-order valence-electron chi connectivity index (χ1n) is 9.26. The Bertz CT molecular complexity index is 943. The van der Waals surface area contributed by atoms with Gasteiger partial charge in [-0.3, -0.25) is 0 Å². The summed E-state index contributed by atoms with van der Waals surface area (Å²) >= 11 is 0. The highest BCUT2D eigenvalue weighted by Crippen LogP contribution is 2.26. The van der Waals surface area contributed by atoms with Crippen LogP contribution in [0.1, 0.15) is 22.3 Å². The molecular formula is C26H22O. The lowest BCUT2D eigenvalue weighted by Gasteiger charge is -2.11. The zero-order valence-electron chi connectivity index (χ0n) is 15.2. The van der Waals surface area contributed by atoms with E-state index >= 15 is 0 Å². The Kier molecular flexibility index (Phi) is 5.02. The lowest BCUT2D eigenvalue weighted by Crippen LogP contribution is -1.94. The van der Waals surface area contributed by atoms with Crippen LogP contribution in [-0.2, 0) is 12.8 Å². The number of aromatic hydroxyl groups is 1. The van der Waals surface area contributed by atoms with Crippen molar-refractivity contribution in [2.45, 2.75) is 12.8 Å². The molecule has 132 valence electrons. The normalized spacial score (nSPS) is 10.7. The summed E-state index contributed by atoms with van der Waals surface area (Å²) in [5.74, 6) is 0.295. The molecule has 27 heavy (non-hydrogen) atoms. The van der Waals surface area contributed by atoms with E-state index in [1.807, 2.05) is 12.1 Å². The fraction of sp³-hybridized carbons (Fsp3) is 0.0769. The Labute approximate surface area is 160 Å². The maximum Gasteiger partial charge on any atom is 0.115 e. The third kappa shape index (κ3) is 4.45. The van der Waals surface area contributed by atoms with Crippen molar-refractivity contribution in [2.75, 3.05) is 0 Å². The minimum atomic E-state index is 0.295. The highest BCUT2D eigenvalue weighted by molar-refractivity contribution is 5.66. The molecule has 0 bridgehead atoms. The van der Waals surface area contributed by atoms with Gasteiger partial charge in [-0.15, -0.1) is 0 Å². The minimum absolute atomic E-state index is 0.295. The number of rotatable bonds is 5. The van der Waals surface area contributed by atoms with Crippen molar-refractivity contribution in [1.29, 1.82) is 0 Å². The fourth-order valence-corrected chi connectivity index (χ4v) is 3.45. The van der Waals surface area contributed by atoms with E-state index < -0.39 is 0 Å². The highest BCUT2D eigenvalue weighted by atomic mass is 16.3. The van der Waals surface area contributed by atoms with E-state index in [-0.39, 0.29) is 0 Å². The molecule has 0 radical (unpaired) electrons. The molecule has 0 atom stereocenters. The first-order valence-corrected chi connectivity index (χ1v) is 9.26. The van der Waals surface area contributed by atoms with Crippen LogP contribution in [0.15, 0.2) is 103 Å². The molecule has 1 N–H and O–H groups in total. The van der Waals surface area contributed by atoms with Gasteiger partial charge < -0.3 is 5.11 Å². The molecule has 0 aliphatic rings. The van der Waals surface area contributed by atoms with E-state index in [2.05, 4.69) is 78.9 Å². The molecule has 4 aromatic carbocycles. The Morgan fingerprint density at radius 1 is 0.444 bits per heavy atom. The predicted octanol–water partition coefficient (Wildman–Crippen LogP) is 6.24. The van der Waals surface area contributed by atoms with Gasteiger partial charge in [0.2, 0.25) is 0 Å². The molecule has 0 spiro atoms. The van der Waals surface area contributed by atoms with Crippen molar-refractivity contribution in [3.63, 3.8) is 0 Å². The molecule has 0 heterocycles. The molecule has 0 amide bonds. The molecule has 0 aromatic heterocycles. The van der Waals surface area contributed by atoms with Gasteiger partial charge in [0, 0.05) is 0 Å². The largest absolute Gasteiger partial charge is 0.508 e. The summed E-state index contributed by atoms with van der Waals surface area (Å²) in [6.07, 6.45) is 1.82. The Morgan fingerprint density at radius 2 is 0.926 bits per heavy atom. The number of phenols is 1. The van der Waals surface area contributed by atoms with Crippen LogP contribution in [0.4, 0.5) is 0 Å². The van der Waals surface area contributed by atoms with Gasteiger partial charge in [-0.2, -0.15) is 0 Å². The summed E-state index contributed by atoms with van der Waals surface area (Å²) in [7, 11) is 0. The SMILES string of the molecule is Oc1ccc(-c2cc(Cc3ccccc3)cc(Cc3ccccc3)c2)cc1. The average molecular weight is 350 g/mol. The van der Waals surface area contributed by atoms with Crippen molar-refractivity contribution >= 4 is 0 Å². The highest BCUT2D eigenvalue weighted by Gasteiger charge is 2.06. The van der Waals surface area contributed by atoms with Crippen LogP contribution in [0.5, 0.6) is 5.75 Å². The molecule has 0 unspecified atom stereocenters. The van der Waals surface area contributed by atoms with Crippen LogP contribution in [0.3, 0.4) is 0 Å². The van der Waals surface area contributed by atoms with Crippen molar-refractivity contribution in [2.24, 2.45) is 0 Å². The second-order valence-electron chi connectivity index (χ2n) is 6.91. The number of phenolic OH excluding ortho intramolecular Hbond substituents is 1. The fourth-order valence-electron chi connectivity index (χ4n) is 3.45. The number of hydrogen-bond donors (Lipinski definition) is 1. The summed E-state index contributed by atoms with van der Waals surface area (Å²) in [6, 6.07) is 35.4. The standard InChI is InChI=1S/C26H22O/c27-26-13-11-24(12-14-26)25-18-22(15-20-7-3-1-4-8-20)17-23(19-25)16-21-9-5-2-6-10-21/h1-14,17-19,27H,15-16H2. The first kappa shape index (κ1) is 17.1. The molecule has 0 saturated carbocycles. The van der Waals surface area contributed by atoms with E-state index in [9.17, 15) is 5.11 Å². The smallest absolute Gasteiger partial charge is 0.115 e. The van der Waals surface area contributed by atoms with E-state index in [4.69, 9.17) is 0 Å². The van der Waals surface area contributed by atoms with Crippen LogP contribution >= 0.6 is 0 Å². The van der Waals surface area contributed by atoms with Gasteiger partial charge in [-0.05, 0) is 58.4 Å². The van der Waals surface area contributed by atoms with Crippen LogP contribution in [0.2, 0.25) is 0 Å². The van der Waals surface area contributed by atoms with Crippen molar-refractivity contribution in [3.8, 4) is 16.9 Å². The molecule has 0 fully saturated rings. The van der Waals surface area contributed by atoms with Gasteiger partial charge in [0.05, 0.1) is 0 Å². The third-order valence-electron chi connectivity index (χ3n) is 4.76. The first-order chi connectivity index (χ1) is 13.3. The van der Waals surface area contributed by atoms with Crippen molar-refractivity contribution in [3.05, 3.63) is 125 Å². The Hall–Kier alpha value is -3.32. The summed E-state index contributed by atoms with van der Waals surface area (Å²) < 4.78 is 0. The summed E-state index contributed by atoms with van der Waals surface area (Å²) in [6.45, 7) is 0. The van der Waals surface area contributed by atoms with Gasteiger partial charge in [0.1, 0.15) is 5.75 Å². The van der Waals surface area contributed by atoms with Gasteiger partial charge in [0.25, 0.3) is 0 Å². The van der Waals surface area contributed by atoms with Crippen molar-refractivity contribution < 1.29 is 5.11 Å². The van der Waals surface area contributed by atoms with E-state index in [1.165, 1.54) is 27.8 Å². The van der Waals surface area contributed by atoms with Gasteiger partial charge in [-0.25, -0.2) is 0 Å². The van der Waals surface area contributed by atoms with Gasteiger partial charge >= 0.3 is 0 Å². The predicted molar refractivity (Wildman–Crippen MR) is 112 cm³/mol. The monoisotopic (exact) mass is 350 g/mol. The summed E-state index contributed by atoms with van der Waals surface area (Å²) in [5, 5.41) is 9.60. The summed E-state index contributed by atoms with van der Waals surface area (Å²) in [4.78, 5) is 0. The summed E-state index contributed by atoms with van der Waals surface area (Å²) in [5.41, 5.74) is 7.54. The quantitative estimate of drug-likeness (QED) is 0.451. The van der Waals surface area contributed by atoms with Crippen LogP contribution in [0.25, 0.3) is 11.1 Å². The molecule has 1 nitrogen and oxygen atoms in total. The molecule has 4 rings (SSSR count). The van der Waals surface area contributed by atoms with Gasteiger partial charge in [-0.1, -0.05) is 91.0 Å². The van der Waals surface area contributed by atoms with E-state index in [0.717, 1.165) is 18.4 Å². The zero-order chi connectivity index (χ0) is 18.5. The van der Waals surface area contributed by atoms with Gasteiger partial charge in [0.15, 0.2) is 0 Å². The van der Waals surface area contributed by atoms with E-state index in [0.29, 0.717) is 5.75 Å². The maximum absolute atomic E-state index is 9.60. The lowest BCUT2D eigenvalue weighted by atomic mass is 9.94. The van der Waals surface area contributed by atoms with Crippen LogP contribution in [-0.4, -0.2) is 5.11 Å². The average Bonchev–Trinajstić information content (AvgIpc) is 2.70. The van der Waals surface area contributed by atoms with Crippen LogP contribution in [0, 0.1) is 0 Å². The topological polar surface area (TPSA) is 20.2 Å². The maximum atomic E-state index is 9.60.